The molecule has 2 bridgehead atoms. The Morgan fingerprint density at radius 3 is 2.25 bits per heavy atom. The van der Waals surface area contributed by atoms with Gasteiger partial charge < -0.3 is 9.64 Å². The minimum Gasteiger partial charge on any atom is -0.365 e. The molecule has 2 saturated heterocycles. The van der Waals surface area contributed by atoms with Crippen LogP contribution >= 0.6 is 0 Å². The summed E-state index contributed by atoms with van der Waals surface area (Å²) in [4.78, 5) is 2.50. The molecular formula is C21H24FNO. The fourth-order valence-electron chi connectivity index (χ4n) is 4.31. The smallest absolute Gasteiger partial charge is 0.129 e. The van der Waals surface area contributed by atoms with Gasteiger partial charge in [0.1, 0.15) is 11.9 Å². The van der Waals surface area contributed by atoms with Crippen LogP contribution in [0, 0.1) is 5.82 Å². The molecule has 0 aliphatic carbocycles. The molecule has 24 heavy (non-hydrogen) atoms. The predicted molar refractivity (Wildman–Crippen MR) is 93.4 cm³/mol. The summed E-state index contributed by atoms with van der Waals surface area (Å²) in [5.74, 6) is -0.192. The van der Waals surface area contributed by atoms with Crippen LogP contribution in [0.5, 0.6) is 0 Å². The fraction of sp³-hybridized carbons (Fsp3) is 0.429. The highest BCUT2D eigenvalue weighted by atomic mass is 19.1. The lowest BCUT2D eigenvalue weighted by Gasteiger charge is -2.38. The molecule has 2 fully saturated rings. The average Bonchev–Trinajstić information content (AvgIpc) is 2.83. The van der Waals surface area contributed by atoms with Crippen LogP contribution in [0.3, 0.4) is 0 Å². The van der Waals surface area contributed by atoms with Crippen molar-refractivity contribution in [2.75, 3.05) is 7.05 Å². The second-order valence-electron chi connectivity index (χ2n) is 7.09. The monoisotopic (exact) mass is 325 g/mol. The Balaban J connectivity index is 1.61. The Morgan fingerprint density at radius 1 is 0.958 bits per heavy atom. The van der Waals surface area contributed by atoms with Crippen LogP contribution in [0.4, 0.5) is 4.39 Å². The van der Waals surface area contributed by atoms with Crippen LogP contribution in [0.15, 0.2) is 54.6 Å². The van der Waals surface area contributed by atoms with E-state index in [-0.39, 0.29) is 18.0 Å². The Labute approximate surface area is 143 Å². The summed E-state index contributed by atoms with van der Waals surface area (Å²) in [6.45, 7) is 0. The van der Waals surface area contributed by atoms with E-state index in [0.29, 0.717) is 17.6 Å². The van der Waals surface area contributed by atoms with Gasteiger partial charge in [-0.2, -0.15) is 0 Å². The number of hydrogen-bond acceptors (Lipinski definition) is 2. The van der Waals surface area contributed by atoms with E-state index in [1.807, 2.05) is 42.5 Å². The van der Waals surface area contributed by atoms with Crippen LogP contribution in [0.1, 0.15) is 42.9 Å². The van der Waals surface area contributed by atoms with Crippen molar-refractivity contribution in [1.29, 1.82) is 0 Å². The van der Waals surface area contributed by atoms with Crippen LogP contribution in [-0.4, -0.2) is 30.1 Å². The lowest BCUT2D eigenvalue weighted by Crippen LogP contribution is -2.43. The van der Waals surface area contributed by atoms with E-state index in [0.717, 1.165) is 18.4 Å². The standard InChI is InChI=1S/C21H24FNO/c1-23-16-11-12-17(23)14-18(13-16)24-21(15-7-3-2-4-8-15)19-9-5-6-10-20(19)22/h2-10,16-18,21H,11-14H2,1H3/t16-,17+,18?,21?. The molecular weight excluding hydrogens is 301 g/mol. The molecule has 0 amide bonds. The van der Waals surface area contributed by atoms with Gasteiger partial charge in [-0.05, 0) is 44.4 Å². The number of fused-ring (bicyclic) bond motifs is 2. The molecule has 2 aromatic rings. The average molecular weight is 325 g/mol. The largest absolute Gasteiger partial charge is 0.365 e. The van der Waals surface area contributed by atoms with Crippen LogP contribution < -0.4 is 0 Å². The van der Waals surface area contributed by atoms with Crippen molar-refractivity contribution in [2.45, 2.75) is 50.0 Å². The first-order valence-corrected chi connectivity index (χ1v) is 8.89. The summed E-state index contributed by atoms with van der Waals surface area (Å²) in [5.41, 5.74) is 1.66. The van der Waals surface area contributed by atoms with Crippen LogP contribution in [0.25, 0.3) is 0 Å². The van der Waals surface area contributed by atoms with Gasteiger partial charge in [-0.1, -0.05) is 48.5 Å². The molecule has 0 saturated carbocycles. The molecule has 126 valence electrons. The maximum absolute atomic E-state index is 14.4. The molecule has 0 spiro atoms. The highest BCUT2D eigenvalue weighted by Gasteiger charge is 2.40. The third-order valence-corrected chi connectivity index (χ3v) is 5.67. The van der Waals surface area contributed by atoms with E-state index in [4.69, 9.17) is 4.74 Å². The van der Waals surface area contributed by atoms with Crippen molar-refractivity contribution in [1.82, 2.24) is 4.90 Å². The lowest BCUT2D eigenvalue weighted by atomic mass is 9.97. The predicted octanol–water partition coefficient (Wildman–Crippen LogP) is 4.56. The van der Waals surface area contributed by atoms with Crippen molar-refractivity contribution >= 4 is 0 Å². The second kappa shape index (κ2) is 6.66. The molecule has 3 heteroatoms. The minimum absolute atomic E-state index is 0.192. The van der Waals surface area contributed by atoms with Gasteiger partial charge in [-0.15, -0.1) is 0 Å². The number of hydrogen-bond donors (Lipinski definition) is 0. The van der Waals surface area contributed by atoms with Gasteiger partial charge in [0.15, 0.2) is 0 Å². The summed E-state index contributed by atoms with van der Waals surface area (Å²) < 4.78 is 20.9. The molecule has 0 radical (unpaired) electrons. The number of rotatable bonds is 4. The number of piperidine rings is 1. The van der Waals surface area contributed by atoms with E-state index in [1.165, 1.54) is 18.9 Å². The Hall–Kier alpha value is -1.71. The molecule has 2 aromatic carbocycles. The van der Waals surface area contributed by atoms with E-state index in [1.54, 1.807) is 6.07 Å². The number of nitrogens with zero attached hydrogens (tertiary/aromatic N) is 1. The van der Waals surface area contributed by atoms with Crippen molar-refractivity contribution in [2.24, 2.45) is 0 Å². The van der Waals surface area contributed by atoms with Crippen molar-refractivity contribution < 1.29 is 9.13 Å². The topological polar surface area (TPSA) is 12.5 Å². The number of ether oxygens (including phenoxy) is 1. The summed E-state index contributed by atoms with van der Waals surface area (Å²) >= 11 is 0. The van der Waals surface area contributed by atoms with E-state index in [9.17, 15) is 4.39 Å². The third kappa shape index (κ3) is 2.99. The SMILES string of the molecule is CN1[C@@H]2CC[C@H]1CC(OC(c1ccccc1)c1ccccc1F)C2. The van der Waals surface area contributed by atoms with Gasteiger partial charge in [0.2, 0.25) is 0 Å². The molecule has 0 N–H and O–H groups in total. The maximum Gasteiger partial charge on any atom is 0.129 e. The number of halogens is 1. The third-order valence-electron chi connectivity index (χ3n) is 5.67. The first-order chi connectivity index (χ1) is 11.7. The number of benzene rings is 2. The van der Waals surface area contributed by atoms with Gasteiger partial charge in [-0.25, -0.2) is 4.39 Å². The van der Waals surface area contributed by atoms with E-state index < -0.39 is 0 Å². The maximum atomic E-state index is 14.4. The summed E-state index contributed by atoms with van der Waals surface area (Å²) in [6.07, 6.45) is 4.48. The molecule has 2 aliphatic rings. The zero-order valence-corrected chi connectivity index (χ0v) is 14.1. The first-order valence-electron chi connectivity index (χ1n) is 8.89. The van der Waals surface area contributed by atoms with Gasteiger partial charge in [-0.3, -0.25) is 0 Å². The van der Waals surface area contributed by atoms with Crippen molar-refractivity contribution in [3.8, 4) is 0 Å². The molecule has 2 unspecified atom stereocenters. The summed E-state index contributed by atoms with van der Waals surface area (Å²) in [5, 5.41) is 0. The quantitative estimate of drug-likeness (QED) is 0.817. The van der Waals surface area contributed by atoms with Gasteiger partial charge in [0.05, 0.1) is 6.10 Å². The van der Waals surface area contributed by atoms with E-state index in [2.05, 4.69) is 11.9 Å². The Morgan fingerprint density at radius 2 is 1.58 bits per heavy atom. The highest BCUT2D eigenvalue weighted by molar-refractivity contribution is 5.31. The van der Waals surface area contributed by atoms with E-state index >= 15 is 0 Å². The molecule has 4 atom stereocenters. The zero-order chi connectivity index (χ0) is 16.5. The Bertz CT molecular complexity index is 675. The summed E-state index contributed by atoms with van der Waals surface area (Å²) in [7, 11) is 2.23. The molecule has 2 aliphatic heterocycles. The molecule has 0 aromatic heterocycles. The molecule has 4 rings (SSSR count). The van der Waals surface area contributed by atoms with Crippen LogP contribution in [0.2, 0.25) is 0 Å². The highest BCUT2D eigenvalue weighted by Crippen LogP contribution is 2.39. The van der Waals surface area contributed by atoms with Gasteiger partial charge in [0, 0.05) is 17.6 Å². The van der Waals surface area contributed by atoms with Gasteiger partial charge in [0.25, 0.3) is 0 Å². The van der Waals surface area contributed by atoms with Crippen molar-refractivity contribution in [3.05, 3.63) is 71.5 Å². The Kier molecular flexibility index (Phi) is 4.38. The van der Waals surface area contributed by atoms with Gasteiger partial charge >= 0.3 is 0 Å². The fourth-order valence-corrected chi connectivity index (χ4v) is 4.31. The zero-order valence-electron chi connectivity index (χ0n) is 14.1. The minimum atomic E-state index is -0.333. The van der Waals surface area contributed by atoms with Crippen LogP contribution in [-0.2, 0) is 4.74 Å². The van der Waals surface area contributed by atoms with Crippen molar-refractivity contribution in [3.63, 3.8) is 0 Å². The second-order valence-corrected chi connectivity index (χ2v) is 7.09. The first kappa shape index (κ1) is 15.8. The molecule has 2 nitrogen and oxygen atoms in total. The summed E-state index contributed by atoms with van der Waals surface area (Å²) in [6, 6.07) is 18.2. The normalized spacial score (nSPS) is 28.0. The molecule has 2 heterocycles. The lowest BCUT2D eigenvalue weighted by molar-refractivity contribution is -0.0436.